The fourth-order valence-corrected chi connectivity index (χ4v) is 2.35. The average Bonchev–Trinajstić information content (AvgIpc) is 2.31. The van der Waals surface area contributed by atoms with Crippen molar-refractivity contribution in [3.05, 3.63) is 29.8 Å². The number of benzene rings is 1. The molecule has 0 saturated carbocycles. The molecule has 0 aromatic heterocycles. The first-order valence-electron chi connectivity index (χ1n) is 5.63. The highest BCUT2D eigenvalue weighted by atomic mass is 32.2. The highest BCUT2D eigenvalue weighted by Crippen LogP contribution is 2.15. The van der Waals surface area contributed by atoms with Gasteiger partial charge in [0.05, 0.1) is 0 Å². The number of anilines is 1. The lowest BCUT2D eigenvalue weighted by atomic mass is 10.1. The number of hydrogen-bond acceptors (Lipinski definition) is 3. The van der Waals surface area contributed by atoms with Gasteiger partial charge in [0.1, 0.15) is 0 Å². The van der Waals surface area contributed by atoms with Gasteiger partial charge in [0, 0.05) is 31.0 Å². The number of carbonyl (C=O) groups excluding carboxylic acids is 1. The van der Waals surface area contributed by atoms with E-state index in [0.29, 0.717) is 6.54 Å². The summed E-state index contributed by atoms with van der Waals surface area (Å²) in [7, 11) is 1.82. The Hall–Kier alpha value is -1.16. The molecule has 0 aliphatic heterocycles. The van der Waals surface area contributed by atoms with Crippen LogP contribution in [0.15, 0.2) is 24.3 Å². The van der Waals surface area contributed by atoms with Crippen molar-refractivity contribution in [2.45, 2.75) is 13.5 Å². The van der Waals surface area contributed by atoms with Crippen LogP contribution in [0.25, 0.3) is 0 Å². The predicted molar refractivity (Wildman–Crippen MR) is 74.9 cm³/mol. The van der Waals surface area contributed by atoms with Gasteiger partial charge in [0.25, 0.3) is 0 Å². The summed E-state index contributed by atoms with van der Waals surface area (Å²) in [5.74, 6) is 1.08. The second-order valence-corrected chi connectivity index (χ2v) is 5.16. The van der Waals surface area contributed by atoms with E-state index in [2.05, 4.69) is 0 Å². The van der Waals surface area contributed by atoms with Crippen LogP contribution in [-0.4, -0.2) is 29.9 Å². The largest absolute Gasteiger partial charge is 0.398 e. The first-order chi connectivity index (χ1) is 8.06. The molecule has 1 aromatic carbocycles. The number of hydrogen-bond donors (Lipinski definition) is 1. The molecule has 1 aromatic rings. The predicted octanol–water partition coefficient (Wildman–Crippen LogP) is 2.23. The molecule has 1 atom stereocenters. The monoisotopic (exact) mass is 252 g/mol. The van der Waals surface area contributed by atoms with Gasteiger partial charge >= 0.3 is 0 Å². The third-order valence-corrected chi connectivity index (χ3v) is 3.51. The molecule has 1 unspecified atom stereocenters. The van der Waals surface area contributed by atoms with E-state index in [-0.39, 0.29) is 11.8 Å². The van der Waals surface area contributed by atoms with E-state index in [0.717, 1.165) is 17.0 Å². The Labute approximate surface area is 107 Å². The van der Waals surface area contributed by atoms with Crippen LogP contribution in [0.3, 0.4) is 0 Å². The Morgan fingerprint density at radius 3 is 2.71 bits per heavy atom. The van der Waals surface area contributed by atoms with Crippen LogP contribution in [0.4, 0.5) is 5.69 Å². The number of amides is 1. The summed E-state index contributed by atoms with van der Waals surface area (Å²) >= 11 is 1.69. The van der Waals surface area contributed by atoms with Crippen molar-refractivity contribution in [2.24, 2.45) is 5.92 Å². The van der Waals surface area contributed by atoms with Crippen LogP contribution < -0.4 is 5.73 Å². The van der Waals surface area contributed by atoms with Gasteiger partial charge in [-0.3, -0.25) is 4.79 Å². The number of nitrogen functional groups attached to an aromatic ring is 1. The van der Waals surface area contributed by atoms with Crippen molar-refractivity contribution in [3.63, 3.8) is 0 Å². The second kappa shape index (κ2) is 6.55. The van der Waals surface area contributed by atoms with Crippen molar-refractivity contribution in [2.75, 3.05) is 24.8 Å². The van der Waals surface area contributed by atoms with Gasteiger partial charge in [-0.1, -0.05) is 25.1 Å². The van der Waals surface area contributed by atoms with Crippen molar-refractivity contribution >= 4 is 23.4 Å². The quantitative estimate of drug-likeness (QED) is 0.817. The molecule has 0 bridgehead atoms. The van der Waals surface area contributed by atoms with E-state index in [1.807, 2.05) is 44.5 Å². The summed E-state index contributed by atoms with van der Waals surface area (Å²) in [6.45, 7) is 2.54. The number of para-hydroxylation sites is 1. The van der Waals surface area contributed by atoms with E-state index < -0.39 is 0 Å². The molecule has 0 fully saturated rings. The van der Waals surface area contributed by atoms with Crippen LogP contribution in [0.1, 0.15) is 12.5 Å². The SMILES string of the molecule is CSCC(C)C(=O)N(C)Cc1ccccc1N. The van der Waals surface area contributed by atoms with Gasteiger partial charge in [-0.2, -0.15) is 11.8 Å². The highest BCUT2D eigenvalue weighted by Gasteiger charge is 2.17. The van der Waals surface area contributed by atoms with Crippen LogP contribution >= 0.6 is 11.8 Å². The number of nitrogens with two attached hydrogens (primary N) is 1. The van der Waals surface area contributed by atoms with Gasteiger partial charge in [-0.05, 0) is 17.9 Å². The smallest absolute Gasteiger partial charge is 0.226 e. The summed E-state index contributed by atoms with van der Waals surface area (Å²) in [5, 5.41) is 0. The lowest BCUT2D eigenvalue weighted by Gasteiger charge is -2.21. The molecule has 0 heterocycles. The van der Waals surface area contributed by atoms with Gasteiger partial charge in [0.15, 0.2) is 0 Å². The lowest BCUT2D eigenvalue weighted by molar-refractivity contribution is -0.133. The minimum atomic E-state index is 0.0555. The van der Waals surface area contributed by atoms with Crippen molar-refractivity contribution in [3.8, 4) is 0 Å². The van der Waals surface area contributed by atoms with E-state index in [9.17, 15) is 4.79 Å². The number of rotatable bonds is 5. The standard InChI is InChI=1S/C13H20N2OS/c1-10(9-17-3)13(16)15(2)8-11-6-4-5-7-12(11)14/h4-7,10H,8-9,14H2,1-3H3. The maximum atomic E-state index is 12.0. The average molecular weight is 252 g/mol. The molecule has 0 radical (unpaired) electrons. The summed E-state index contributed by atoms with van der Waals surface area (Å²) in [5.41, 5.74) is 7.60. The molecule has 2 N–H and O–H groups in total. The molecular weight excluding hydrogens is 232 g/mol. The molecule has 0 saturated heterocycles. The van der Waals surface area contributed by atoms with E-state index in [4.69, 9.17) is 5.73 Å². The lowest BCUT2D eigenvalue weighted by Crippen LogP contribution is -2.32. The Morgan fingerprint density at radius 2 is 2.12 bits per heavy atom. The zero-order valence-corrected chi connectivity index (χ0v) is 11.5. The molecule has 1 amide bonds. The fourth-order valence-electron chi connectivity index (χ4n) is 1.71. The molecule has 4 heteroatoms. The summed E-state index contributed by atoms with van der Waals surface area (Å²) in [4.78, 5) is 13.8. The Kier molecular flexibility index (Phi) is 5.35. The van der Waals surface area contributed by atoms with Crippen LogP contribution in [0.2, 0.25) is 0 Å². The zero-order valence-electron chi connectivity index (χ0n) is 10.6. The Bertz CT molecular complexity index is 381. The molecule has 17 heavy (non-hydrogen) atoms. The molecule has 0 spiro atoms. The topological polar surface area (TPSA) is 46.3 Å². The third kappa shape index (κ3) is 3.97. The molecule has 94 valence electrons. The maximum Gasteiger partial charge on any atom is 0.226 e. The van der Waals surface area contributed by atoms with Crippen molar-refractivity contribution < 1.29 is 4.79 Å². The Balaban J connectivity index is 2.63. The van der Waals surface area contributed by atoms with Crippen molar-refractivity contribution in [1.82, 2.24) is 4.90 Å². The number of thioether (sulfide) groups is 1. The normalized spacial score (nSPS) is 12.2. The summed E-state index contributed by atoms with van der Waals surface area (Å²) < 4.78 is 0. The molecule has 0 aliphatic carbocycles. The van der Waals surface area contributed by atoms with Gasteiger partial charge in [0.2, 0.25) is 5.91 Å². The fraction of sp³-hybridized carbons (Fsp3) is 0.462. The van der Waals surface area contributed by atoms with Crippen LogP contribution in [0.5, 0.6) is 0 Å². The highest BCUT2D eigenvalue weighted by molar-refractivity contribution is 7.98. The molecule has 3 nitrogen and oxygen atoms in total. The molecule has 1 rings (SSSR count). The minimum Gasteiger partial charge on any atom is -0.398 e. The Morgan fingerprint density at radius 1 is 1.47 bits per heavy atom. The van der Waals surface area contributed by atoms with Gasteiger partial charge in [-0.15, -0.1) is 0 Å². The van der Waals surface area contributed by atoms with Crippen LogP contribution in [0, 0.1) is 5.92 Å². The third-order valence-electron chi connectivity index (χ3n) is 2.68. The summed E-state index contributed by atoms with van der Waals surface area (Å²) in [6, 6.07) is 7.66. The number of nitrogens with zero attached hydrogens (tertiary/aromatic N) is 1. The van der Waals surface area contributed by atoms with Gasteiger partial charge < -0.3 is 10.6 Å². The van der Waals surface area contributed by atoms with Crippen LogP contribution in [-0.2, 0) is 11.3 Å². The molecular formula is C13H20N2OS. The van der Waals surface area contributed by atoms with E-state index in [1.165, 1.54) is 0 Å². The molecule has 0 aliphatic rings. The maximum absolute atomic E-state index is 12.0. The first-order valence-corrected chi connectivity index (χ1v) is 7.03. The van der Waals surface area contributed by atoms with E-state index in [1.54, 1.807) is 16.7 Å². The first kappa shape index (κ1) is 13.9. The minimum absolute atomic E-state index is 0.0555. The zero-order chi connectivity index (χ0) is 12.8. The van der Waals surface area contributed by atoms with Gasteiger partial charge in [-0.25, -0.2) is 0 Å². The van der Waals surface area contributed by atoms with Crippen molar-refractivity contribution in [1.29, 1.82) is 0 Å². The van der Waals surface area contributed by atoms with E-state index >= 15 is 0 Å². The number of carbonyl (C=O) groups is 1. The second-order valence-electron chi connectivity index (χ2n) is 4.25. The summed E-state index contributed by atoms with van der Waals surface area (Å²) in [6.07, 6.45) is 2.01.